The molecule has 0 aliphatic carbocycles. The topological polar surface area (TPSA) is 58.5 Å². The number of pyridine rings is 1. The molecule has 0 unspecified atom stereocenters. The summed E-state index contributed by atoms with van der Waals surface area (Å²) in [5, 5.41) is 7.53. The number of hydrogen-bond donors (Lipinski definition) is 2. The van der Waals surface area contributed by atoms with Gasteiger partial charge in [0.1, 0.15) is 5.75 Å². The zero-order valence-electron chi connectivity index (χ0n) is 11.8. The summed E-state index contributed by atoms with van der Waals surface area (Å²) in [5.41, 5.74) is 5.54. The van der Waals surface area contributed by atoms with Gasteiger partial charge in [-0.05, 0) is 42.9 Å². The standard InChI is InChI=1S/C15H16N4OS/c1-11-7-8-16-10-13(11)18-15(21)19-17-9-12-5-3-4-6-14(12)20-2/h3-10H,1-2H3,(H2,18,19,21). The zero-order chi connectivity index (χ0) is 15.1. The molecule has 1 heterocycles. The van der Waals surface area contributed by atoms with Crippen molar-refractivity contribution in [3.8, 4) is 5.75 Å². The van der Waals surface area contributed by atoms with E-state index in [4.69, 9.17) is 17.0 Å². The van der Waals surface area contributed by atoms with E-state index in [-0.39, 0.29) is 0 Å². The SMILES string of the molecule is COc1ccccc1C=NNC(=S)Nc1cnccc1C. The number of hydrazone groups is 1. The van der Waals surface area contributed by atoms with Gasteiger partial charge in [0.05, 0.1) is 25.2 Å². The van der Waals surface area contributed by atoms with Gasteiger partial charge in [-0.15, -0.1) is 0 Å². The van der Waals surface area contributed by atoms with Crippen molar-refractivity contribution in [3.05, 3.63) is 53.9 Å². The van der Waals surface area contributed by atoms with Gasteiger partial charge in [0, 0.05) is 11.8 Å². The Bertz CT molecular complexity index is 658. The lowest BCUT2D eigenvalue weighted by Gasteiger charge is -2.09. The molecular weight excluding hydrogens is 284 g/mol. The largest absolute Gasteiger partial charge is 0.496 e. The summed E-state index contributed by atoms with van der Waals surface area (Å²) in [5.74, 6) is 0.755. The lowest BCUT2D eigenvalue weighted by atomic mass is 10.2. The number of aryl methyl sites for hydroxylation is 1. The number of hydrogen-bond acceptors (Lipinski definition) is 4. The molecule has 0 aliphatic heterocycles. The first kappa shape index (κ1) is 14.9. The summed E-state index contributed by atoms with van der Waals surface area (Å²) in [6, 6.07) is 9.51. The highest BCUT2D eigenvalue weighted by atomic mass is 32.1. The van der Waals surface area contributed by atoms with Crippen LogP contribution in [0.1, 0.15) is 11.1 Å². The molecule has 21 heavy (non-hydrogen) atoms. The molecule has 2 aromatic rings. The fraction of sp³-hybridized carbons (Fsp3) is 0.133. The van der Waals surface area contributed by atoms with E-state index in [1.54, 1.807) is 25.7 Å². The molecule has 2 N–H and O–H groups in total. The minimum atomic E-state index is 0.400. The summed E-state index contributed by atoms with van der Waals surface area (Å²) in [4.78, 5) is 4.04. The van der Waals surface area contributed by atoms with Crippen LogP contribution in [0.2, 0.25) is 0 Å². The van der Waals surface area contributed by atoms with E-state index in [0.29, 0.717) is 5.11 Å². The second-order valence-corrected chi connectivity index (χ2v) is 4.66. The van der Waals surface area contributed by atoms with Crippen molar-refractivity contribution < 1.29 is 4.74 Å². The molecular formula is C15H16N4OS. The number of para-hydroxylation sites is 1. The van der Waals surface area contributed by atoms with E-state index >= 15 is 0 Å². The van der Waals surface area contributed by atoms with Gasteiger partial charge in [-0.3, -0.25) is 10.4 Å². The Morgan fingerprint density at radius 2 is 2.14 bits per heavy atom. The highest BCUT2D eigenvalue weighted by Crippen LogP contribution is 2.14. The highest BCUT2D eigenvalue weighted by Gasteiger charge is 2.00. The minimum absolute atomic E-state index is 0.400. The molecule has 1 aromatic heterocycles. The third kappa shape index (κ3) is 4.25. The maximum absolute atomic E-state index is 5.24. The number of nitrogens with one attached hydrogen (secondary N) is 2. The van der Waals surface area contributed by atoms with Crippen molar-refractivity contribution in [1.82, 2.24) is 10.4 Å². The van der Waals surface area contributed by atoms with Crippen LogP contribution in [-0.4, -0.2) is 23.4 Å². The number of benzene rings is 1. The van der Waals surface area contributed by atoms with Crippen LogP contribution in [0, 0.1) is 6.92 Å². The third-order valence-corrected chi connectivity index (χ3v) is 2.99. The lowest BCUT2D eigenvalue weighted by Crippen LogP contribution is -2.24. The second-order valence-electron chi connectivity index (χ2n) is 4.26. The smallest absolute Gasteiger partial charge is 0.191 e. The van der Waals surface area contributed by atoms with E-state index < -0.39 is 0 Å². The van der Waals surface area contributed by atoms with Crippen LogP contribution in [0.25, 0.3) is 0 Å². The number of aromatic nitrogens is 1. The van der Waals surface area contributed by atoms with Crippen molar-refractivity contribution in [2.45, 2.75) is 6.92 Å². The minimum Gasteiger partial charge on any atom is -0.496 e. The Hall–Kier alpha value is -2.47. The van der Waals surface area contributed by atoms with Crippen molar-refractivity contribution in [2.24, 2.45) is 5.10 Å². The first-order valence-electron chi connectivity index (χ1n) is 6.34. The highest BCUT2D eigenvalue weighted by molar-refractivity contribution is 7.80. The predicted molar refractivity (Wildman–Crippen MR) is 88.9 cm³/mol. The Kier molecular flexibility index (Phi) is 5.22. The molecule has 0 saturated heterocycles. The van der Waals surface area contributed by atoms with Crippen molar-refractivity contribution in [2.75, 3.05) is 12.4 Å². The number of methoxy groups -OCH3 is 1. The third-order valence-electron chi connectivity index (χ3n) is 2.80. The number of anilines is 1. The summed E-state index contributed by atoms with van der Waals surface area (Å²) in [6.07, 6.45) is 5.10. The van der Waals surface area contributed by atoms with E-state index in [1.165, 1.54) is 0 Å². The van der Waals surface area contributed by atoms with Crippen LogP contribution in [0.3, 0.4) is 0 Å². The fourth-order valence-corrected chi connectivity index (χ4v) is 1.84. The van der Waals surface area contributed by atoms with Crippen LogP contribution in [0.15, 0.2) is 47.8 Å². The van der Waals surface area contributed by atoms with Gasteiger partial charge in [-0.1, -0.05) is 12.1 Å². The van der Waals surface area contributed by atoms with Crippen molar-refractivity contribution in [1.29, 1.82) is 0 Å². The molecule has 2 rings (SSSR count). The maximum Gasteiger partial charge on any atom is 0.191 e. The lowest BCUT2D eigenvalue weighted by molar-refractivity contribution is 0.414. The predicted octanol–water partition coefficient (Wildman–Crippen LogP) is 2.72. The van der Waals surface area contributed by atoms with E-state index in [9.17, 15) is 0 Å². The van der Waals surface area contributed by atoms with Crippen molar-refractivity contribution in [3.63, 3.8) is 0 Å². The molecule has 0 radical (unpaired) electrons. The number of rotatable bonds is 4. The van der Waals surface area contributed by atoms with Gasteiger partial charge < -0.3 is 10.1 Å². The van der Waals surface area contributed by atoms with Gasteiger partial charge in [-0.25, -0.2) is 0 Å². The average molecular weight is 300 g/mol. The Morgan fingerprint density at radius 1 is 1.33 bits per heavy atom. The molecule has 0 spiro atoms. The van der Waals surface area contributed by atoms with Crippen LogP contribution >= 0.6 is 12.2 Å². The quantitative estimate of drug-likeness (QED) is 0.516. The first-order chi connectivity index (χ1) is 10.2. The van der Waals surface area contributed by atoms with E-state index in [1.807, 2.05) is 37.3 Å². The van der Waals surface area contributed by atoms with Gasteiger partial charge in [0.15, 0.2) is 5.11 Å². The summed E-state index contributed by atoms with van der Waals surface area (Å²) in [7, 11) is 1.62. The summed E-state index contributed by atoms with van der Waals surface area (Å²) >= 11 is 5.18. The van der Waals surface area contributed by atoms with E-state index in [0.717, 1.165) is 22.6 Å². The van der Waals surface area contributed by atoms with Crippen LogP contribution in [0.4, 0.5) is 5.69 Å². The number of thiocarbonyl (C=S) groups is 1. The molecule has 0 saturated carbocycles. The Morgan fingerprint density at radius 3 is 2.90 bits per heavy atom. The van der Waals surface area contributed by atoms with Crippen LogP contribution in [0.5, 0.6) is 5.75 Å². The Labute approximate surface area is 129 Å². The van der Waals surface area contributed by atoms with Gasteiger partial charge >= 0.3 is 0 Å². The van der Waals surface area contributed by atoms with Gasteiger partial charge in [0.25, 0.3) is 0 Å². The maximum atomic E-state index is 5.24. The molecule has 0 fully saturated rings. The average Bonchev–Trinajstić information content (AvgIpc) is 2.50. The molecule has 6 heteroatoms. The van der Waals surface area contributed by atoms with Gasteiger partial charge in [-0.2, -0.15) is 5.10 Å². The fourth-order valence-electron chi connectivity index (χ4n) is 1.68. The molecule has 0 atom stereocenters. The summed E-state index contributed by atoms with van der Waals surface area (Å²) in [6.45, 7) is 1.98. The summed E-state index contributed by atoms with van der Waals surface area (Å²) < 4.78 is 5.24. The monoisotopic (exact) mass is 300 g/mol. The van der Waals surface area contributed by atoms with Crippen LogP contribution < -0.4 is 15.5 Å². The molecule has 5 nitrogen and oxygen atoms in total. The Balaban J connectivity index is 1.95. The number of nitrogens with zero attached hydrogens (tertiary/aromatic N) is 2. The molecule has 0 bridgehead atoms. The first-order valence-corrected chi connectivity index (χ1v) is 6.75. The molecule has 0 amide bonds. The molecule has 0 aliphatic rings. The zero-order valence-corrected chi connectivity index (χ0v) is 12.6. The van der Waals surface area contributed by atoms with Crippen LogP contribution in [-0.2, 0) is 0 Å². The second kappa shape index (κ2) is 7.35. The molecule has 1 aromatic carbocycles. The van der Waals surface area contributed by atoms with Crippen molar-refractivity contribution >= 4 is 29.2 Å². The molecule has 108 valence electrons. The van der Waals surface area contributed by atoms with Gasteiger partial charge in [0.2, 0.25) is 0 Å². The normalized spacial score (nSPS) is 10.4. The van der Waals surface area contributed by atoms with E-state index in [2.05, 4.69) is 20.8 Å². The number of ether oxygens (including phenoxy) is 1.